The lowest BCUT2D eigenvalue weighted by atomic mass is 10.0. The van der Waals surface area contributed by atoms with Crippen LogP contribution >= 0.6 is 0 Å². The molecule has 1 aromatic heterocycles. The van der Waals surface area contributed by atoms with Gasteiger partial charge in [-0.25, -0.2) is 14.4 Å². The fourth-order valence-corrected chi connectivity index (χ4v) is 3.04. The summed E-state index contributed by atoms with van der Waals surface area (Å²) in [5.74, 6) is -0.0467. The van der Waals surface area contributed by atoms with Crippen molar-refractivity contribution in [1.29, 1.82) is 0 Å². The maximum absolute atomic E-state index is 13.0. The van der Waals surface area contributed by atoms with E-state index in [4.69, 9.17) is 4.74 Å². The Balaban J connectivity index is 1.62. The van der Waals surface area contributed by atoms with Crippen LogP contribution in [0, 0.1) is 18.7 Å². The summed E-state index contributed by atoms with van der Waals surface area (Å²) in [6, 6.07) is 8.05. The van der Waals surface area contributed by atoms with E-state index in [0.717, 1.165) is 23.4 Å². The molecule has 0 radical (unpaired) electrons. The van der Waals surface area contributed by atoms with Crippen molar-refractivity contribution in [2.24, 2.45) is 5.92 Å². The standard InChI is InChI=1S/C19H22FN3O2/c1-14-8-18(22-13-21-14)9-16-11-23(6-7-25-12-16)19(24)10-15-2-4-17(20)5-3-15/h2-5,8,13,16H,6-7,9-12H2,1H3/t16-/m0/s1. The van der Waals surface area contributed by atoms with E-state index in [1.165, 1.54) is 12.1 Å². The lowest BCUT2D eigenvalue weighted by Gasteiger charge is -2.23. The summed E-state index contributed by atoms with van der Waals surface area (Å²) in [6.45, 7) is 4.31. The largest absolute Gasteiger partial charge is 0.379 e. The minimum absolute atomic E-state index is 0.0426. The van der Waals surface area contributed by atoms with Gasteiger partial charge in [-0.2, -0.15) is 0 Å². The highest BCUT2D eigenvalue weighted by molar-refractivity contribution is 5.78. The summed E-state index contributed by atoms with van der Waals surface area (Å²) in [7, 11) is 0. The third-order valence-electron chi connectivity index (χ3n) is 4.32. The van der Waals surface area contributed by atoms with E-state index in [9.17, 15) is 9.18 Å². The number of ether oxygens (including phenoxy) is 1. The molecule has 0 spiro atoms. The first kappa shape index (κ1) is 17.5. The molecule has 1 saturated heterocycles. The molecule has 6 heteroatoms. The number of halogens is 1. The predicted molar refractivity (Wildman–Crippen MR) is 91.5 cm³/mol. The number of aryl methyl sites for hydroxylation is 1. The smallest absolute Gasteiger partial charge is 0.227 e. The van der Waals surface area contributed by atoms with E-state index in [0.29, 0.717) is 26.3 Å². The number of hydrogen-bond acceptors (Lipinski definition) is 4. The van der Waals surface area contributed by atoms with Crippen LogP contribution in [0.5, 0.6) is 0 Å². The zero-order valence-electron chi connectivity index (χ0n) is 14.3. The summed E-state index contributed by atoms with van der Waals surface area (Å²) < 4.78 is 18.7. The Bertz CT molecular complexity index is 721. The van der Waals surface area contributed by atoms with Gasteiger partial charge in [0.2, 0.25) is 5.91 Å². The average Bonchev–Trinajstić information content (AvgIpc) is 2.83. The van der Waals surface area contributed by atoms with Gasteiger partial charge >= 0.3 is 0 Å². The minimum atomic E-state index is -0.292. The maximum atomic E-state index is 13.0. The van der Waals surface area contributed by atoms with Crippen LogP contribution in [-0.4, -0.2) is 47.1 Å². The monoisotopic (exact) mass is 343 g/mol. The van der Waals surface area contributed by atoms with Gasteiger partial charge in [-0.3, -0.25) is 4.79 Å². The van der Waals surface area contributed by atoms with Crippen LogP contribution in [0.4, 0.5) is 4.39 Å². The topological polar surface area (TPSA) is 55.3 Å². The first-order valence-electron chi connectivity index (χ1n) is 8.47. The van der Waals surface area contributed by atoms with Gasteiger partial charge in [0.05, 0.1) is 19.6 Å². The van der Waals surface area contributed by atoms with E-state index in [1.54, 1.807) is 18.5 Å². The summed E-state index contributed by atoms with van der Waals surface area (Å²) in [6.07, 6.45) is 2.60. The van der Waals surface area contributed by atoms with Gasteiger partial charge < -0.3 is 9.64 Å². The van der Waals surface area contributed by atoms with Gasteiger partial charge in [0.25, 0.3) is 0 Å². The molecule has 0 saturated carbocycles. The molecule has 2 aromatic rings. The second kappa shape index (κ2) is 8.16. The van der Waals surface area contributed by atoms with Crippen LogP contribution < -0.4 is 0 Å². The molecular weight excluding hydrogens is 321 g/mol. The Labute approximate surface area is 146 Å². The van der Waals surface area contributed by atoms with Crippen molar-refractivity contribution in [2.45, 2.75) is 19.8 Å². The molecule has 5 nitrogen and oxygen atoms in total. The third kappa shape index (κ3) is 5.06. The second-order valence-corrected chi connectivity index (χ2v) is 6.44. The zero-order chi connectivity index (χ0) is 17.6. The SMILES string of the molecule is Cc1cc(C[C@@H]2COCCN(C(=O)Cc3ccc(F)cc3)C2)ncn1. The Morgan fingerprint density at radius 2 is 2.12 bits per heavy atom. The Morgan fingerprint density at radius 1 is 1.32 bits per heavy atom. The fraction of sp³-hybridized carbons (Fsp3) is 0.421. The Hall–Kier alpha value is -2.34. The summed E-state index contributed by atoms with van der Waals surface area (Å²) in [4.78, 5) is 22.9. The van der Waals surface area contributed by atoms with E-state index in [-0.39, 0.29) is 24.1 Å². The van der Waals surface area contributed by atoms with Crippen LogP contribution in [0.15, 0.2) is 36.7 Å². The molecule has 0 aliphatic carbocycles. The van der Waals surface area contributed by atoms with E-state index < -0.39 is 0 Å². The van der Waals surface area contributed by atoms with Crippen LogP contribution in [0.1, 0.15) is 17.0 Å². The highest BCUT2D eigenvalue weighted by atomic mass is 19.1. The second-order valence-electron chi connectivity index (χ2n) is 6.44. The highest BCUT2D eigenvalue weighted by Gasteiger charge is 2.23. The van der Waals surface area contributed by atoms with Crippen LogP contribution in [0.25, 0.3) is 0 Å². The summed E-state index contributed by atoms with van der Waals surface area (Å²) >= 11 is 0. The molecule has 1 amide bonds. The van der Waals surface area contributed by atoms with Crippen LogP contribution in [0.3, 0.4) is 0 Å². The molecule has 0 N–H and O–H groups in total. The van der Waals surface area contributed by atoms with Crippen molar-refractivity contribution in [3.8, 4) is 0 Å². The average molecular weight is 343 g/mol. The maximum Gasteiger partial charge on any atom is 0.227 e. The van der Waals surface area contributed by atoms with Gasteiger partial charge in [0, 0.05) is 30.4 Å². The van der Waals surface area contributed by atoms with Crippen molar-refractivity contribution in [3.05, 3.63) is 59.4 Å². The molecule has 1 aliphatic heterocycles. The molecule has 1 aliphatic rings. The number of hydrogen-bond donors (Lipinski definition) is 0. The number of nitrogens with zero attached hydrogens (tertiary/aromatic N) is 3. The molecule has 1 aromatic carbocycles. The van der Waals surface area contributed by atoms with Gasteiger partial charge in [-0.05, 0) is 37.1 Å². The fourth-order valence-electron chi connectivity index (χ4n) is 3.04. The summed E-state index contributed by atoms with van der Waals surface area (Å²) in [5.41, 5.74) is 2.72. The lowest BCUT2D eigenvalue weighted by molar-refractivity contribution is -0.130. The molecule has 0 bridgehead atoms. The van der Waals surface area contributed by atoms with Gasteiger partial charge in [0.1, 0.15) is 12.1 Å². The van der Waals surface area contributed by atoms with Gasteiger partial charge in [-0.15, -0.1) is 0 Å². The molecule has 25 heavy (non-hydrogen) atoms. The van der Waals surface area contributed by atoms with Gasteiger partial charge in [-0.1, -0.05) is 12.1 Å². The normalized spacial score (nSPS) is 18.0. The van der Waals surface area contributed by atoms with E-state index in [2.05, 4.69) is 9.97 Å². The van der Waals surface area contributed by atoms with Crippen LogP contribution in [-0.2, 0) is 22.4 Å². The number of amides is 1. The van der Waals surface area contributed by atoms with Gasteiger partial charge in [0.15, 0.2) is 0 Å². The Morgan fingerprint density at radius 3 is 2.88 bits per heavy atom. The molecule has 1 fully saturated rings. The zero-order valence-corrected chi connectivity index (χ0v) is 14.3. The number of rotatable bonds is 4. The van der Waals surface area contributed by atoms with Crippen molar-refractivity contribution in [2.75, 3.05) is 26.3 Å². The first-order chi connectivity index (χ1) is 12.1. The number of aromatic nitrogens is 2. The molecule has 132 valence electrons. The molecule has 3 rings (SSSR count). The quantitative estimate of drug-likeness (QED) is 0.854. The molecule has 1 atom stereocenters. The van der Waals surface area contributed by atoms with E-state index in [1.807, 2.05) is 17.9 Å². The first-order valence-corrected chi connectivity index (χ1v) is 8.47. The third-order valence-corrected chi connectivity index (χ3v) is 4.32. The predicted octanol–water partition coefficient (Wildman–Crippen LogP) is 2.18. The lowest BCUT2D eigenvalue weighted by Crippen LogP contribution is -2.37. The van der Waals surface area contributed by atoms with Crippen molar-refractivity contribution in [1.82, 2.24) is 14.9 Å². The van der Waals surface area contributed by atoms with Crippen molar-refractivity contribution >= 4 is 5.91 Å². The van der Waals surface area contributed by atoms with E-state index >= 15 is 0 Å². The van der Waals surface area contributed by atoms with Crippen molar-refractivity contribution in [3.63, 3.8) is 0 Å². The highest BCUT2D eigenvalue weighted by Crippen LogP contribution is 2.14. The number of benzene rings is 1. The number of carbonyl (C=O) groups excluding carboxylic acids is 1. The molecular formula is C19H22FN3O2. The Kier molecular flexibility index (Phi) is 5.71. The van der Waals surface area contributed by atoms with Crippen LogP contribution in [0.2, 0.25) is 0 Å². The minimum Gasteiger partial charge on any atom is -0.379 e. The molecule has 2 heterocycles. The van der Waals surface area contributed by atoms with Crippen molar-refractivity contribution < 1.29 is 13.9 Å². The molecule has 0 unspecified atom stereocenters. The number of carbonyl (C=O) groups is 1. The summed E-state index contributed by atoms with van der Waals surface area (Å²) in [5, 5.41) is 0.